The molecule has 1 saturated heterocycles. The lowest BCUT2D eigenvalue weighted by molar-refractivity contribution is 0.176. The van der Waals surface area contributed by atoms with E-state index in [0.29, 0.717) is 28.9 Å². The summed E-state index contributed by atoms with van der Waals surface area (Å²) in [5.74, 6) is 1.02. The van der Waals surface area contributed by atoms with Crippen LogP contribution in [0, 0.1) is 11.7 Å². The van der Waals surface area contributed by atoms with Crippen LogP contribution in [0.3, 0.4) is 0 Å². The zero-order valence-electron chi connectivity index (χ0n) is 9.63. The second-order valence-electron chi connectivity index (χ2n) is 4.63. The Hall–Kier alpha value is -0.310. The molecule has 0 radical (unpaired) electrons. The van der Waals surface area contributed by atoms with Gasteiger partial charge >= 0.3 is 0 Å². The minimum Gasteiger partial charge on any atom is -0.299 e. The standard InChI is InChI=1S/C13H16Cl2FN/c14-7-10-2-1-5-17(8-10)9-11-3-4-12(15)6-13(11)16/h3-4,6,10H,1-2,5,7-9H2. The molecule has 4 heteroatoms. The number of alkyl halides is 1. The topological polar surface area (TPSA) is 3.24 Å². The summed E-state index contributed by atoms with van der Waals surface area (Å²) in [5, 5.41) is 0.448. The Morgan fingerprint density at radius 3 is 2.94 bits per heavy atom. The van der Waals surface area contributed by atoms with E-state index >= 15 is 0 Å². The van der Waals surface area contributed by atoms with Gasteiger partial charge in [0.05, 0.1) is 0 Å². The first-order chi connectivity index (χ1) is 8.19. The average molecular weight is 276 g/mol. The van der Waals surface area contributed by atoms with Gasteiger partial charge in [0.15, 0.2) is 0 Å². The quantitative estimate of drug-likeness (QED) is 0.756. The van der Waals surface area contributed by atoms with Crippen LogP contribution in [0.15, 0.2) is 18.2 Å². The Morgan fingerprint density at radius 1 is 1.41 bits per heavy atom. The number of nitrogens with zero attached hydrogens (tertiary/aromatic N) is 1. The summed E-state index contributed by atoms with van der Waals surface area (Å²) in [6.07, 6.45) is 2.33. The van der Waals surface area contributed by atoms with E-state index in [1.165, 1.54) is 12.5 Å². The van der Waals surface area contributed by atoms with Crippen molar-refractivity contribution < 1.29 is 4.39 Å². The van der Waals surface area contributed by atoms with Crippen molar-refractivity contribution in [2.24, 2.45) is 5.92 Å². The molecule has 0 amide bonds. The van der Waals surface area contributed by atoms with Crippen molar-refractivity contribution in [2.75, 3.05) is 19.0 Å². The number of benzene rings is 1. The van der Waals surface area contributed by atoms with Gasteiger partial charge in [-0.2, -0.15) is 0 Å². The fourth-order valence-electron chi connectivity index (χ4n) is 2.31. The molecular weight excluding hydrogens is 260 g/mol. The fraction of sp³-hybridized carbons (Fsp3) is 0.538. The first kappa shape index (κ1) is 13.1. The van der Waals surface area contributed by atoms with Gasteiger partial charge in [-0.25, -0.2) is 4.39 Å². The largest absolute Gasteiger partial charge is 0.299 e. The first-order valence-electron chi connectivity index (χ1n) is 5.91. The summed E-state index contributed by atoms with van der Waals surface area (Å²) in [5.41, 5.74) is 0.713. The number of likely N-dealkylation sites (tertiary alicyclic amines) is 1. The lowest BCUT2D eigenvalue weighted by Gasteiger charge is -2.31. The van der Waals surface area contributed by atoms with E-state index in [-0.39, 0.29) is 5.82 Å². The monoisotopic (exact) mass is 275 g/mol. The number of halogens is 3. The third kappa shape index (κ3) is 3.57. The van der Waals surface area contributed by atoms with Crippen LogP contribution in [0.5, 0.6) is 0 Å². The molecule has 1 nitrogen and oxygen atoms in total. The number of hydrogen-bond acceptors (Lipinski definition) is 1. The van der Waals surface area contributed by atoms with E-state index in [2.05, 4.69) is 4.90 Å². The second kappa shape index (κ2) is 6.03. The van der Waals surface area contributed by atoms with Crippen LogP contribution in [0.1, 0.15) is 18.4 Å². The number of piperidine rings is 1. The Kier molecular flexibility index (Phi) is 4.66. The predicted molar refractivity (Wildman–Crippen MR) is 70.1 cm³/mol. The molecule has 1 heterocycles. The maximum Gasteiger partial charge on any atom is 0.129 e. The summed E-state index contributed by atoms with van der Waals surface area (Å²) in [6.45, 7) is 2.64. The normalized spacial score (nSPS) is 21.7. The third-order valence-corrected chi connectivity index (χ3v) is 3.90. The molecule has 17 heavy (non-hydrogen) atoms. The van der Waals surface area contributed by atoms with Crippen LogP contribution < -0.4 is 0 Å². The van der Waals surface area contributed by atoms with Gasteiger partial charge in [-0.15, -0.1) is 11.6 Å². The highest BCUT2D eigenvalue weighted by Crippen LogP contribution is 2.21. The summed E-state index contributed by atoms with van der Waals surface area (Å²) >= 11 is 11.6. The lowest BCUT2D eigenvalue weighted by Crippen LogP contribution is -2.35. The number of hydrogen-bond donors (Lipinski definition) is 0. The highest BCUT2D eigenvalue weighted by atomic mass is 35.5. The minimum atomic E-state index is -0.217. The van der Waals surface area contributed by atoms with E-state index in [4.69, 9.17) is 23.2 Å². The highest BCUT2D eigenvalue weighted by Gasteiger charge is 2.19. The van der Waals surface area contributed by atoms with Gasteiger partial charge in [-0.1, -0.05) is 17.7 Å². The van der Waals surface area contributed by atoms with Crippen molar-refractivity contribution in [3.8, 4) is 0 Å². The third-order valence-electron chi connectivity index (χ3n) is 3.23. The summed E-state index contributed by atoms with van der Waals surface area (Å²) in [7, 11) is 0. The molecule has 0 spiro atoms. The van der Waals surface area contributed by atoms with Crippen molar-refractivity contribution in [2.45, 2.75) is 19.4 Å². The molecule has 0 saturated carbocycles. The molecule has 1 aliphatic rings. The van der Waals surface area contributed by atoms with Crippen LogP contribution in [-0.2, 0) is 6.54 Å². The smallest absolute Gasteiger partial charge is 0.129 e. The Morgan fingerprint density at radius 2 is 2.24 bits per heavy atom. The van der Waals surface area contributed by atoms with E-state index in [1.807, 2.05) is 0 Å². The van der Waals surface area contributed by atoms with Gasteiger partial charge in [0, 0.05) is 29.6 Å². The van der Waals surface area contributed by atoms with Crippen LogP contribution >= 0.6 is 23.2 Å². The number of rotatable bonds is 3. The zero-order valence-corrected chi connectivity index (χ0v) is 11.1. The lowest BCUT2D eigenvalue weighted by atomic mass is 9.99. The van der Waals surface area contributed by atoms with Gasteiger partial charge in [0.1, 0.15) is 5.82 Å². The molecule has 1 aromatic carbocycles. The van der Waals surface area contributed by atoms with E-state index in [1.54, 1.807) is 12.1 Å². The van der Waals surface area contributed by atoms with E-state index < -0.39 is 0 Å². The Labute approximate surface area is 112 Å². The summed E-state index contributed by atoms with van der Waals surface area (Å²) < 4.78 is 13.6. The maximum atomic E-state index is 13.6. The van der Waals surface area contributed by atoms with Crippen molar-refractivity contribution in [1.82, 2.24) is 4.90 Å². The maximum absolute atomic E-state index is 13.6. The molecule has 0 N–H and O–H groups in total. The van der Waals surface area contributed by atoms with Gasteiger partial charge < -0.3 is 0 Å². The van der Waals surface area contributed by atoms with Crippen LogP contribution in [0.2, 0.25) is 5.02 Å². The van der Waals surface area contributed by atoms with Crippen molar-refractivity contribution in [3.63, 3.8) is 0 Å². The van der Waals surface area contributed by atoms with E-state index in [0.717, 1.165) is 19.5 Å². The van der Waals surface area contributed by atoms with Gasteiger partial charge in [-0.3, -0.25) is 4.90 Å². The Balaban J connectivity index is 2.00. The van der Waals surface area contributed by atoms with Gasteiger partial charge in [-0.05, 0) is 37.4 Å². The van der Waals surface area contributed by atoms with Crippen LogP contribution in [0.25, 0.3) is 0 Å². The van der Waals surface area contributed by atoms with E-state index in [9.17, 15) is 4.39 Å². The predicted octanol–water partition coefficient (Wildman–Crippen LogP) is 3.93. The molecule has 1 aromatic rings. The van der Waals surface area contributed by atoms with Crippen molar-refractivity contribution in [1.29, 1.82) is 0 Å². The first-order valence-corrected chi connectivity index (χ1v) is 6.82. The zero-order chi connectivity index (χ0) is 12.3. The molecule has 1 fully saturated rings. The van der Waals surface area contributed by atoms with Crippen LogP contribution in [0.4, 0.5) is 4.39 Å². The van der Waals surface area contributed by atoms with Gasteiger partial charge in [0.25, 0.3) is 0 Å². The highest BCUT2D eigenvalue weighted by molar-refractivity contribution is 6.30. The fourth-order valence-corrected chi connectivity index (χ4v) is 2.72. The summed E-state index contributed by atoms with van der Waals surface area (Å²) in [4.78, 5) is 2.27. The van der Waals surface area contributed by atoms with Crippen LogP contribution in [-0.4, -0.2) is 23.9 Å². The molecule has 2 rings (SSSR count). The molecule has 94 valence electrons. The Bertz CT molecular complexity index is 384. The van der Waals surface area contributed by atoms with Crippen molar-refractivity contribution >= 4 is 23.2 Å². The molecule has 1 unspecified atom stereocenters. The SMILES string of the molecule is Fc1cc(Cl)ccc1CN1CCCC(CCl)C1. The molecule has 1 atom stereocenters. The average Bonchev–Trinajstić information content (AvgIpc) is 2.33. The van der Waals surface area contributed by atoms with Gasteiger partial charge in [0.2, 0.25) is 0 Å². The molecular formula is C13H16Cl2FN. The molecule has 0 bridgehead atoms. The molecule has 0 aliphatic carbocycles. The summed E-state index contributed by atoms with van der Waals surface area (Å²) in [6, 6.07) is 4.88. The molecule has 0 aromatic heterocycles. The van der Waals surface area contributed by atoms with Crippen molar-refractivity contribution in [3.05, 3.63) is 34.6 Å². The molecule has 1 aliphatic heterocycles. The second-order valence-corrected chi connectivity index (χ2v) is 5.38. The minimum absolute atomic E-state index is 0.217.